The zero-order valence-corrected chi connectivity index (χ0v) is 15.7. The highest BCUT2D eigenvalue weighted by Crippen LogP contribution is 2.28. The summed E-state index contributed by atoms with van der Waals surface area (Å²) >= 11 is 5.16. The van der Waals surface area contributed by atoms with Crippen LogP contribution in [-0.2, 0) is 17.8 Å². The van der Waals surface area contributed by atoms with E-state index in [4.69, 9.17) is 0 Å². The smallest absolute Gasteiger partial charge is 0.236 e. The van der Waals surface area contributed by atoms with Crippen LogP contribution in [-0.4, -0.2) is 70.9 Å². The fourth-order valence-electron chi connectivity index (χ4n) is 3.73. The summed E-state index contributed by atoms with van der Waals surface area (Å²) < 4.78 is 0.961. The van der Waals surface area contributed by atoms with E-state index in [1.54, 1.807) is 11.3 Å². The summed E-state index contributed by atoms with van der Waals surface area (Å²) in [6, 6.07) is 0.803. The molecule has 1 aromatic rings. The molecule has 126 valence electrons. The average molecular weight is 399 g/mol. The molecule has 0 radical (unpaired) electrons. The van der Waals surface area contributed by atoms with Gasteiger partial charge in [-0.15, -0.1) is 11.3 Å². The second kappa shape index (κ2) is 6.78. The molecule has 2 aliphatic heterocycles. The minimum Gasteiger partial charge on any atom is -0.339 e. The molecule has 0 aromatic carbocycles. The van der Waals surface area contributed by atoms with Gasteiger partial charge in [0.25, 0.3) is 0 Å². The standard InChI is InChI=1S/C16H23BrN4OS/c17-16-18-13-4-5-19(10-14(13)23-16)11-15(22)21-8-6-20(7-9-21)12-2-1-3-12/h12H,1-11H2. The zero-order valence-electron chi connectivity index (χ0n) is 13.3. The van der Waals surface area contributed by atoms with Crippen LogP contribution in [0.3, 0.4) is 0 Å². The maximum Gasteiger partial charge on any atom is 0.236 e. The molecule has 4 rings (SSSR count). The van der Waals surface area contributed by atoms with Crippen LogP contribution in [0.5, 0.6) is 0 Å². The van der Waals surface area contributed by atoms with Gasteiger partial charge in [0.15, 0.2) is 3.92 Å². The third-order valence-corrected chi connectivity index (χ3v) is 6.93. The number of thiazole rings is 1. The third-order valence-electron chi connectivity index (χ3n) is 5.40. The first-order chi connectivity index (χ1) is 11.2. The first-order valence-electron chi connectivity index (χ1n) is 8.57. The van der Waals surface area contributed by atoms with Gasteiger partial charge >= 0.3 is 0 Å². The summed E-state index contributed by atoms with van der Waals surface area (Å²) in [6.45, 7) is 6.29. The van der Waals surface area contributed by atoms with Crippen molar-refractivity contribution < 1.29 is 4.79 Å². The van der Waals surface area contributed by atoms with Crippen LogP contribution in [0.2, 0.25) is 0 Å². The molecular weight excluding hydrogens is 376 g/mol. The highest BCUT2D eigenvalue weighted by atomic mass is 79.9. The average Bonchev–Trinajstić information content (AvgIpc) is 2.85. The number of piperazine rings is 1. The number of nitrogens with zero attached hydrogens (tertiary/aromatic N) is 4. The van der Waals surface area contributed by atoms with Crippen molar-refractivity contribution >= 4 is 33.2 Å². The summed E-state index contributed by atoms with van der Waals surface area (Å²) in [6.07, 6.45) is 5.05. The minimum absolute atomic E-state index is 0.297. The fraction of sp³-hybridized carbons (Fsp3) is 0.750. The highest BCUT2D eigenvalue weighted by molar-refractivity contribution is 9.11. The Morgan fingerprint density at radius 1 is 1.22 bits per heavy atom. The number of rotatable bonds is 3. The lowest BCUT2D eigenvalue weighted by molar-refractivity contribution is -0.135. The molecule has 0 spiro atoms. The van der Waals surface area contributed by atoms with Gasteiger partial charge in [-0.3, -0.25) is 14.6 Å². The summed E-state index contributed by atoms with van der Waals surface area (Å²) in [5, 5.41) is 0. The van der Waals surface area contributed by atoms with Crippen molar-refractivity contribution in [1.29, 1.82) is 0 Å². The van der Waals surface area contributed by atoms with E-state index >= 15 is 0 Å². The Morgan fingerprint density at radius 3 is 2.70 bits per heavy atom. The van der Waals surface area contributed by atoms with Gasteiger partial charge in [-0.1, -0.05) is 6.42 Å². The van der Waals surface area contributed by atoms with Crippen molar-refractivity contribution in [2.75, 3.05) is 39.3 Å². The Kier molecular flexibility index (Phi) is 4.72. The van der Waals surface area contributed by atoms with Gasteiger partial charge in [-0.05, 0) is 28.8 Å². The maximum absolute atomic E-state index is 12.6. The lowest BCUT2D eigenvalue weighted by atomic mass is 9.91. The van der Waals surface area contributed by atoms with E-state index in [9.17, 15) is 4.79 Å². The predicted octanol–water partition coefficient (Wildman–Crippen LogP) is 1.96. The Labute approximate surface area is 149 Å². The van der Waals surface area contributed by atoms with Crippen molar-refractivity contribution in [2.24, 2.45) is 0 Å². The SMILES string of the molecule is O=C(CN1CCc2nc(Br)sc2C1)N1CCN(C2CCC2)CC1. The first-order valence-corrected chi connectivity index (χ1v) is 10.2. The van der Waals surface area contributed by atoms with Crippen LogP contribution in [0.15, 0.2) is 3.92 Å². The lowest BCUT2D eigenvalue weighted by Gasteiger charge is -2.43. The molecule has 3 heterocycles. The normalized spacial score (nSPS) is 23.6. The summed E-state index contributed by atoms with van der Waals surface area (Å²) in [7, 11) is 0. The monoisotopic (exact) mass is 398 g/mol. The number of hydrogen-bond acceptors (Lipinski definition) is 5. The quantitative estimate of drug-likeness (QED) is 0.779. The molecule has 2 fully saturated rings. The first kappa shape index (κ1) is 16.0. The molecule has 3 aliphatic rings. The van der Waals surface area contributed by atoms with Crippen molar-refractivity contribution in [2.45, 2.75) is 38.3 Å². The fourth-order valence-corrected chi connectivity index (χ4v) is 5.40. The number of fused-ring (bicyclic) bond motifs is 1. The maximum atomic E-state index is 12.6. The predicted molar refractivity (Wildman–Crippen MR) is 94.6 cm³/mol. The molecular formula is C16H23BrN4OS. The van der Waals surface area contributed by atoms with Crippen molar-refractivity contribution in [3.63, 3.8) is 0 Å². The van der Waals surface area contributed by atoms with E-state index in [-0.39, 0.29) is 0 Å². The van der Waals surface area contributed by atoms with Crippen molar-refractivity contribution in [1.82, 2.24) is 19.7 Å². The topological polar surface area (TPSA) is 39.7 Å². The Bertz CT molecular complexity index is 581. The number of aromatic nitrogens is 1. The lowest BCUT2D eigenvalue weighted by Crippen LogP contribution is -2.55. The van der Waals surface area contributed by atoms with Gasteiger partial charge in [0, 0.05) is 56.6 Å². The summed E-state index contributed by atoms with van der Waals surface area (Å²) in [4.78, 5) is 25.3. The van der Waals surface area contributed by atoms with Gasteiger partial charge < -0.3 is 4.90 Å². The Morgan fingerprint density at radius 2 is 2.00 bits per heavy atom. The van der Waals surface area contributed by atoms with Gasteiger partial charge in [0.1, 0.15) is 0 Å². The van der Waals surface area contributed by atoms with Gasteiger partial charge in [0.2, 0.25) is 5.91 Å². The molecule has 1 aromatic heterocycles. The molecule has 5 nitrogen and oxygen atoms in total. The molecule has 7 heteroatoms. The van der Waals surface area contributed by atoms with Gasteiger partial charge in [0.05, 0.1) is 12.2 Å². The van der Waals surface area contributed by atoms with Crippen LogP contribution >= 0.6 is 27.3 Å². The van der Waals surface area contributed by atoms with E-state index in [1.165, 1.54) is 29.8 Å². The number of amides is 1. The molecule has 0 N–H and O–H groups in total. The molecule has 0 unspecified atom stereocenters. The van der Waals surface area contributed by atoms with Crippen molar-refractivity contribution in [3.8, 4) is 0 Å². The zero-order chi connectivity index (χ0) is 15.8. The van der Waals surface area contributed by atoms with E-state index in [0.29, 0.717) is 12.5 Å². The van der Waals surface area contributed by atoms with Gasteiger partial charge in [-0.2, -0.15) is 0 Å². The van der Waals surface area contributed by atoms with E-state index in [0.717, 1.165) is 55.6 Å². The molecule has 23 heavy (non-hydrogen) atoms. The molecule has 1 amide bonds. The largest absolute Gasteiger partial charge is 0.339 e. The highest BCUT2D eigenvalue weighted by Gasteiger charge is 2.30. The molecule has 1 saturated heterocycles. The van der Waals surface area contributed by atoms with Crippen LogP contribution in [0, 0.1) is 0 Å². The van der Waals surface area contributed by atoms with E-state index < -0.39 is 0 Å². The minimum atomic E-state index is 0.297. The number of carbonyl (C=O) groups is 1. The second-order valence-electron chi connectivity index (χ2n) is 6.80. The van der Waals surface area contributed by atoms with Gasteiger partial charge in [-0.25, -0.2) is 4.98 Å². The number of halogens is 1. The van der Waals surface area contributed by atoms with E-state index in [1.807, 2.05) is 0 Å². The Hall–Kier alpha value is -0.500. The number of hydrogen-bond donors (Lipinski definition) is 0. The second-order valence-corrected chi connectivity index (χ2v) is 9.16. The molecule has 0 atom stereocenters. The van der Waals surface area contributed by atoms with Crippen LogP contribution in [0.25, 0.3) is 0 Å². The number of carbonyl (C=O) groups excluding carboxylic acids is 1. The molecule has 1 saturated carbocycles. The third kappa shape index (κ3) is 3.48. The van der Waals surface area contributed by atoms with Crippen LogP contribution < -0.4 is 0 Å². The summed E-state index contributed by atoms with van der Waals surface area (Å²) in [5.41, 5.74) is 1.21. The molecule has 0 bridgehead atoms. The van der Waals surface area contributed by atoms with Crippen LogP contribution in [0.4, 0.5) is 0 Å². The van der Waals surface area contributed by atoms with E-state index in [2.05, 4.69) is 35.6 Å². The Balaban J connectivity index is 1.27. The molecule has 1 aliphatic carbocycles. The summed E-state index contributed by atoms with van der Waals surface area (Å²) in [5.74, 6) is 0.297. The van der Waals surface area contributed by atoms with Crippen molar-refractivity contribution in [3.05, 3.63) is 14.5 Å². The van der Waals surface area contributed by atoms with Crippen LogP contribution in [0.1, 0.15) is 29.8 Å².